The van der Waals surface area contributed by atoms with Gasteiger partial charge in [-0.15, -0.1) is 10.2 Å². The van der Waals surface area contributed by atoms with Crippen molar-refractivity contribution in [3.05, 3.63) is 76.9 Å². The molecule has 1 aromatic heterocycles. The molecule has 0 bridgehead atoms. The van der Waals surface area contributed by atoms with E-state index in [1.165, 1.54) is 55.0 Å². The van der Waals surface area contributed by atoms with E-state index < -0.39 is 0 Å². The second kappa shape index (κ2) is 9.57. The van der Waals surface area contributed by atoms with E-state index in [1.54, 1.807) is 0 Å². The summed E-state index contributed by atoms with van der Waals surface area (Å²) < 4.78 is 0. The maximum absolute atomic E-state index is 12.5. The van der Waals surface area contributed by atoms with Gasteiger partial charge in [0.1, 0.15) is 5.03 Å². The van der Waals surface area contributed by atoms with Crippen molar-refractivity contribution in [3.8, 4) is 11.3 Å². The van der Waals surface area contributed by atoms with E-state index in [0.717, 1.165) is 27.4 Å². The molecule has 0 radical (unpaired) electrons. The number of carbonyl (C=O) groups excluding carboxylic acids is 1. The number of ketones is 1. The fraction of sp³-hybridized carbons (Fsp3) is 0.346. The van der Waals surface area contributed by atoms with Crippen molar-refractivity contribution in [3.63, 3.8) is 0 Å². The maximum Gasteiger partial charge on any atom is 0.173 e. The molecule has 1 aliphatic carbocycles. The molecule has 1 fully saturated rings. The molecule has 1 aliphatic rings. The molecule has 0 amide bonds. The maximum atomic E-state index is 12.5. The third-order valence-corrected chi connectivity index (χ3v) is 6.88. The molecule has 2 aromatic carbocycles. The minimum absolute atomic E-state index is 0.127. The highest BCUT2D eigenvalue weighted by molar-refractivity contribution is 7.99. The Balaban J connectivity index is 1.37. The van der Waals surface area contributed by atoms with Gasteiger partial charge in [-0.1, -0.05) is 79.1 Å². The number of aryl methyl sites for hydroxylation is 2. The number of hydrogen-bond donors (Lipinski definition) is 0. The largest absolute Gasteiger partial charge is 0.293 e. The highest BCUT2D eigenvalue weighted by atomic mass is 32.2. The first-order chi connectivity index (χ1) is 14.6. The smallest absolute Gasteiger partial charge is 0.173 e. The molecular formula is C26H28N2OS. The van der Waals surface area contributed by atoms with Crippen molar-refractivity contribution in [1.82, 2.24) is 10.2 Å². The van der Waals surface area contributed by atoms with Gasteiger partial charge in [0.15, 0.2) is 5.78 Å². The Morgan fingerprint density at radius 3 is 2.37 bits per heavy atom. The number of carbonyl (C=O) groups is 1. The first kappa shape index (κ1) is 20.8. The van der Waals surface area contributed by atoms with Gasteiger partial charge >= 0.3 is 0 Å². The molecule has 0 atom stereocenters. The van der Waals surface area contributed by atoms with E-state index in [4.69, 9.17) is 0 Å². The van der Waals surface area contributed by atoms with Gasteiger partial charge in [-0.2, -0.15) is 0 Å². The molecule has 0 unspecified atom stereocenters. The van der Waals surface area contributed by atoms with Crippen LogP contribution in [-0.4, -0.2) is 21.7 Å². The van der Waals surface area contributed by atoms with Gasteiger partial charge < -0.3 is 0 Å². The Bertz CT molecular complexity index is 1010. The standard InChI is InChI=1S/C26H28N2OS/c1-18-8-13-23(19(2)16-18)25(29)17-30-26-15-14-24(27-28-26)22-11-9-21(10-12-22)20-6-4-3-5-7-20/h8-16,20H,3-7,17H2,1-2H3. The highest BCUT2D eigenvalue weighted by Gasteiger charge is 2.15. The van der Waals surface area contributed by atoms with Crippen LogP contribution in [0.2, 0.25) is 0 Å². The number of benzene rings is 2. The van der Waals surface area contributed by atoms with Crippen LogP contribution >= 0.6 is 11.8 Å². The predicted octanol–water partition coefficient (Wildman–Crippen LogP) is 6.78. The number of thioether (sulfide) groups is 1. The van der Waals surface area contributed by atoms with Crippen LogP contribution in [0.1, 0.15) is 65.1 Å². The lowest BCUT2D eigenvalue weighted by molar-refractivity contribution is 0.102. The number of Topliss-reactive ketones (excluding diaryl/α,β-unsaturated/α-hetero) is 1. The summed E-state index contributed by atoms with van der Waals surface area (Å²) in [5.41, 5.74) is 6.39. The average Bonchev–Trinajstić information content (AvgIpc) is 2.78. The molecule has 1 heterocycles. The lowest BCUT2D eigenvalue weighted by atomic mass is 9.84. The summed E-state index contributed by atoms with van der Waals surface area (Å²) >= 11 is 1.44. The summed E-state index contributed by atoms with van der Waals surface area (Å²) in [5, 5.41) is 9.49. The zero-order valence-corrected chi connectivity index (χ0v) is 18.5. The molecule has 4 heteroatoms. The monoisotopic (exact) mass is 416 g/mol. The van der Waals surface area contributed by atoms with Gasteiger partial charge in [0.25, 0.3) is 0 Å². The molecule has 1 saturated carbocycles. The van der Waals surface area contributed by atoms with Gasteiger partial charge in [-0.25, -0.2) is 0 Å². The molecule has 4 rings (SSSR count). The topological polar surface area (TPSA) is 42.9 Å². The Morgan fingerprint density at radius 1 is 0.933 bits per heavy atom. The summed E-state index contributed by atoms with van der Waals surface area (Å²) in [6.45, 7) is 4.02. The van der Waals surface area contributed by atoms with Crippen LogP contribution in [0.4, 0.5) is 0 Å². The first-order valence-corrected chi connectivity index (χ1v) is 11.8. The molecule has 3 nitrogen and oxygen atoms in total. The summed E-state index contributed by atoms with van der Waals surface area (Å²) in [4.78, 5) is 12.5. The molecular weight excluding hydrogens is 388 g/mol. The molecule has 3 aromatic rings. The molecule has 0 N–H and O–H groups in total. The fourth-order valence-electron chi connectivity index (χ4n) is 4.26. The predicted molar refractivity (Wildman–Crippen MR) is 124 cm³/mol. The Kier molecular flexibility index (Phi) is 6.63. The Hall–Kier alpha value is -2.46. The normalized spacial score (nSPS) is 14.6. The SMILES string of the molecule is Cc1ccc(C(=O)CSc2ccc(-c3ccc(C4CCCCC4)cc3)nn2)c(C)c1. The van der Waals surface area contributed by atoms with Crippen LogP contribution in [0, 0.1) is 13.8 Å². The minimum atomic E-state index is 0.127. The third kappa shape index (κ3) is 4.99. The van der Waals surface area contributed by atoms with Crippen LogP contribution in [-0.2, 0) is 0 Å². The van der Waals surface area contributed by atoms with Crippen molar-refractivity contribution < 1.29 is 4.79 Å². The molecule has 0 spiro atoms. The van der Waals surface area contributed by atoms with Crippen molar-refractivity contribution in [2.24, 2.45) is 0 Å². The molecule has 154 valence electrons. The van der Waals surface area contributed by atoms with Gasteiger partial charge in [-0.05, 0) is 55.9 Å². The van der Waals surface area contributed by atoms with E-state index in [9.17, 15) is 4.79 Å². The molecule has 0 aliphatic heterocycles. The quantitative estimate of drug-likeness (QED) is 0.328. The van der Waals surface area contributed by atoms with Gasteiger partial charge in [0.2, 0.25) is 0 Å². The van der Waals surface area contributed by atoms with Crippen molar-refractivity contribution in [2.75, 3.05) is 5.75 Å². The summed E-state index contributed by atoms with van der Waals surface area (Å²) in [6, 6.07) is 18.7. The zero-order valence-electron chi connectivity index (χ0n) is 17.7. The summed E-state index contributed by atoms with van der Waals surface area (Å²) in [5.74, 6) is 1.21. The number of nitrogens with zero attached hydrogens (tertiary/aromatic N) is 2. The van der Waals surface area contributed by atoms with Crippen LogP contribution < -0.4 is 0 Å². The zero-order chi connectivity index (χ0) is 20.9. The Labute approximate surface area is 183 Å². The van der Waals surface area contributed by atoms with E-state index in [1.807, 2.05) is 44.2 Å². The first-order valence-electron chi connectivity index (χ1n) is 10.8. The summed E-state index contributed by atoms with van der Waals surface area (Å²) in [7, 11) is 0. The van der Waals surface area contributed by atoms with E-state index in [2.05, 4.69) is 34.5 Å². The van der Waals surface area contributed by atoms with E-state index >= 15 is 0 Å². The van der Waals surface area contributed by atoms with Crippen LogP contribution in [0.25, 0.3) is 11.3 Å². The second-order valence-electron chi connectivity index (χ2n) is 8.24. The van der Waals surface area contributed by atoms with Gasteiger partial charge in [0, 0.05) is 11.1 Å². The number of aromatic nitrogens is 2. The second-order valence-corrected chi connectivity index (χ2v) is 9.24. The van der Waals surface area contributed by atoms with Crippen molar-refractivity contribution in [1.29, 1.82) is 0 Å². The number of rotatable bonds is 6. The lowest BCUT2D eigenvalue weighted by Gasteiger charge is -2.22. The van der Waals surface area contributed by atoms with E-state index in [0.29, 0.717) is 11.7 Å². The van der Waals surface area contributed by atoms with Crippen molar-refractivity contribution in [2.45, 2.75) is 56.9 Å². The third-order valence-electron chi connectivity index (χ3n) is 5.96. The average molecular weight is 417 g/mol. The lowest BCUT2D eigenvalue weighted by Crippen LogP contribution is -2.05. The Morgan fingerprint density at radius 2 is 1.70 bits per heavy atom. The van der Waals surface area contributed by atoms with Crippen LogP contribution in [0.5, 0.6) is 0 Å². The van der Waals surface area contributed by atoms with Crippen molar-refractivity contribution >= 4 is 17.5 Å². The van der Waals surface area contributed by atoms with Crippen LogP contribution in [0.15, 0.2) is 59.6 Å². The fourth-order valence-corrected chi connectivity index (χ4v) is 4.95. The van der Waals surface area contributed by atoms with E-state index in [-0.39, 0.29) is 5.78 Å². The summed E-state index contributed by atoms with van der Waals surface area (Å²) in [6.07, 6.45) is 6.70. The van der Waals surface area contributed by atoms with Gasteiger partial charge in [-0.3, -0.25) is 4.79 Å². The molecule has 30 heavy (non-hydrogen) atoms. The molecule has 0 saturated heterocycles. The minimum Gasteiger partial charge on any atom is -0.293 e. The van der Waals surface area contributed by atoms with Crippen LogP contribution in [0.3, 0.4) is 0 Å². The number of hydrogen-bond acceptors (Lipinski definition) is 4. The highest BCUT2D eigenvalue weighted by Crippen LogP contribution is 2.33. The van der Waals surface area contributed by atoms with Gasteiger partial charge in [0.05, 0.1) is 11.4 Å².